The Morgan fingerprint density at radius 2 is 1.59 bits per heavy atom. The van der Waals surface area contributed by atoms with Crippen LogP contribution in [0.3, 0.4) is 0 Å². The van der Waals surface area contributed by atoms with Crippen molar-refractivity contribution >= 4 is 56.1 Å². The average molecular weight is 579 g/mol. The van der Waals surface area contributed by atoms with Crippen LogP contribution in [0.2, 0.25) is 0 Å². The molecule has 0 aliphatic carbocycles. The van der Waals surface area contributed by atoms with E-state index in [-0.39, 0.29) is 17.6 Å². The van der Waals surface area contributed by atoms with E-state index in [9.17, 15) is 14.4 Å². The molecule has 0 spiro atoms. The number of hydrogen-bond donors (Lipinski definition) is 0. The molecule has 0 bridgehead atoms. The molecule has 7 rings (SSSR count). The fraction of sp³-hybridized carbons (Fsp3) is 0.156. The Hall–Kier alpha value is -4.23. The summed E-state index contributed by atoms with van der Waals surface area (Å²) in [5.74, 6) is -1.72. The zero-order valence-corrected chi connectivity index (χ0v) is 22.5. The molecule has 6 nitrogen and oxygen atoms in total. The molecule has 3 heterocycles. The van der Waals surface area contributed by atoms with E-state index in [4.69, 9.17) is 4.74 Å². The molecular formula is C32H23BrN2O4. The maximum atomic E-state index is 14.2. The maximum Gasteiger partial charge on any atom is 0.240 e. The molecule has 0 N–H and O–H groups in total. The highest BCUT2D eigenvalue weighted by molar-refractivity contribution is 9.10. The normalized spacial score (nSPS) is 23.1. The predicted octanol–water partition coefficient (Wildman–Crippen LogP) is 6.01. The van der Waals surface area contributed by atoms with Crippen molar-refractivity contribution in [3.8, 4) is 5.75 Å². The van der Waals surface area contributed by atoms with E-state index in [1.807, 2.05) is 83.9 Å². The van der Waals surface area contributed by atoms with Gasteiger partial charge in [0, 0.05) is 11.8 Å². The van der Waals surface area contributed by atoms with Gasteiger partial charge in [-0.1, -0.05) is 54.6 Å². The molecule has 39 heavy (non-hydrogen) atoms. The van der Waals surface area contributed by atoms with Crippen molar-refractivity contribution in [3.05, 3.63) is 112 Å². The van der Waals surface area contributed by atoms with Gasteiger partial charge in [0.25, 0.3) is 0 Å². The number of carbonyl (C=O) groups is 3. The highest BCUT2D eigenvalue weighted by Crippen LogP contribution is 2.54. The number of Topliss-reactive ketones (excluding diaryl/α,β-unsaturated/α-hetero) is 1. The van der Waals surface area contributed by atoms with Gasteiger partial charge in [0.2, 0.25) is 11.8 Å². The number of fused-ring (bicyclic) bond motifs is 6. The van der Waals surface area contributed by atoms with Gasteiger partial charge < -0.3 is 9.64 Å². The summed E-state index contributed by atoms with van der Waals surface area (Å²) in [7, 11) is 1.56. The molecule has 2 amide bonds. The third-order valence-corrected chi connectivity index (χ3v) is 8.78. The molecule has 192 valence electrons. The maximum absolute atomic E-state index is 14.2. The second kappa shape index (κ2) is 8.92. The van der Waals surface area contributed by atoms with Crippen molar-refractivity contribution in [2.75, 3.05) is 12.0 Å². The summed E-state index contributed by atoms with van der Waals surface area (Å²) in [5.41, 5.74) is 2.91. The van der Waals surface area contributed by atoms with E-state index < -0.39 is 23.9 Å². The minimum atomic E-state index is -0.827. The zero-order chi connectivity index (χ0) is 26.8. The number of anilines is 1. The van der Waals surface area contributed by atoms with Crippen LogP contribution in [0.25, 0.3) is 16.8 Å². The Bertz CT molecular complexity index is 1730. The first-order valence-electron chi connectivity index (χ1n) is 12.8. The van der Waals surface area contributed by atoms with Gasteiger partial charge in [-0.05, 0) is 74.2 Å². The first-order chi connectivity index (χ1) is 19.0. The van der Waals surface area contributed by atoms with Gasteiger partial charge in [-0.3, -0.25) is 14.4 Å². The van der Waals surface area contributed by atoms with Gasteiger partial charge in [0.15, 0.2) is 5.78 Å². The second-order valence-electron chi connectivity index (χ2n) is 10.1. The SMILES string of the molecule is COc1ccc(C(=O)[C@@H]2[C@H]3C(=O)N(c4ccc5ccccc5c4)C(=O)[C@@H]3[C@H]3c4ccccc4C=CN23)cc1Br. The number of methoxy groups -OCH3 is 1. The van der Waals surface area contributed by atoms with Crippen LogP contribution in [-0.2, 0) is 9.59 Å². The molecule has 0 radical (unpaired) electrons. The summed E-state index contributed by atoms with van der Waals surface area (Å²) in [6.07, 6.45) is 3.82. The number of carbonyl (C=O) groups excluding carboxylic acids is 3. The molecule has 0 saturated carbocycles. The van der Waals surface area contributed by atoms with Gasteiger partial charge in [-0.15, -0.1) is 0 Å². The first kappa shape index (κ1) is 23.9. The molecule has 2 fully saturated rings. The lowest BCUT2D eigenvalue weighted by atomic mass is 9.83. The Kier molecular flexibility index (Phi) is 5.45. The molecule has 0 aromatic heterocycles. The fourth-order valence-corrected chi connectivity index (χ4v) is 6.96. The molecular weight excluding hydrogens is 556 g/mol. The van der Waals surface area contributed by atoms with E-state index in [2.05, 4.69) is 15.9 Å². The van der Waals surface area contributed by atoms with E-state index in [0.717, 1.165) is 21.9 Å². The Morgan fingerprint density at radius 1 is 0.846 bits per heavy atom. The Balaban J connectivity index is 1.36. The Labute approximate surface area is 233 Å². The molecule has 3 aliphatic rings. The van der Waals surface area contributed by atoms with Crippen molar-refractivity contribution in [2.24, 2.45) is 11.8 Å². The van der Waals surface area contributed by atoms with Gasteiger partial charge in [-0.2, -0.15) is 0 Å². The number of hydrogen-bond acceptors (Lipinski definition) is 5. The Morgan fingerprint density at radius 3 is 2.38 bits per heavy atom. The molecule has 0 unspecified atom stereocenters. The monoisotopic (exact) mass is 578 g/mol. The predicted molar refractivity (Wildman–Crippen MR) is 152 cm³/mol. The second-order valence-corrected chi connectivity index (χ2v) is 10.9. The van der Waals surface area contributed by atoms with Crippen LogP contribution < -0.4 is 9.64 Å². The van der Waals surface area contributed by atoms with Crippen molar-refractivity contribution in [1.29, 1.82) is 0 Å². The third-order valence-electron chi connectivity index (χ3n) is 8.16. The van der Waals surface area contributed by atoms with Crippen LogP contribution >= 0.6 is 15.9 Å². The number of imide groups is 1. The zero-order valence-electron chi connectivity index (χ0n) is 21.0. The van der Waals surface area contributed by atoms with E-state index >= 15 is 0 Å². The number of halogens is 1. The molecule has 4 atom stereocenters. The summed E-state index contributed by atoms with van der Waals surface area (Å²) in [5, 5.41) is 1.96. The molecule has 4 aromatic carbocycles. The van der Waals surface area contributed by atoms with Crippen LogP contribution in [0.4, 0.5) is 5.69 Å². The van der Waals surface area contributed by atoms with Crippen molar-refractivity contribution in [1.82, 2.24) is 4.90 Å². The summed E-state index contributed by atoms with van der Waals surface area (Å²) in [6, 6.07) is 25.2. The minimum absolute atomic E-state index is 0.207. The van der Waals surface area contributed by atoms with Crippen LogP contribution in [-0.4, -0.2) is 35.6 Å². The van der Waals surface area contributed by atoms with Crippen LogP contribution in [0, 0.1) is 11.8 Å². The molecule has 4 aromatic rings. The van der Waals surface area contributed by atoms with Gasteiger partial charge in [0.1, 0.15) is 11.8 Å². The number of nitrogens with zero attached hydrogens (tertiary/aromatic N) is 2. The van der Waals surface area contributed by atoms with Crippen LogP contribution in [0.1, 0.15) is 27.5 Å². The summed E-state index contributed by atoms with van der Waals surface area (Å²) >= 11 is 3.48. The summed E-state index contributed by atoms with van der Waals surface area (Å²) in [6.45, 7) is 0. The number of ether oxygens (including phenoxy) is 1. The van der Waals surface area contributed by atoms with Crippen molar-refractivity contribution < 1.29 is 19.1 Å². The van der Waals surface area contributed by atoms with E-state index in [1.165, 1.54) is 4.90 Å². The highest BCUT2D eigenvalue weighted by atomic mass is 79.9. The lowest BCUT2D eigenvalue weighted by Crippen LogP contribution is -2.44. The van der Waals surface area contributed by atoms with E-state index in [0.29, 0.717) is 21.5 Å². The highest BCUT2D eigenvalue weighted by Gasteiger charge is 2.64. The summed E-state index contributed by atoms with van der Waals surface area (Å²) in [4.78, 5) is 45.7. The lowest BCUT2D eigenvalue weighted by Gasteiger charge is -2.35. The quantitative estimate of drug-likeness (QED) is 0.219. The lowest BCUT2D eigenvalue weighted by molar-refractivity contribution is -0.123. The van der Waals surface area contributed by atoms with Crippen LogP contribution in [0.5, 0.6) is 5.75 Å². The van der Waals surface area contributed by atoms with E-state index in [1.54, 1.807) is 25.3 Å². The van der Waals surface area contributed by atoms with Crippen molar-refractivity contribution in [3.63, 3.8) is 0 Å². The molecule has 7 heteroatoms. The fourth-order valence-electron chi connectivity index (χ4n) is 6.42. The third kappa shape index (κ3) is 3.49. The van der Waals surface area contributed by atoms with Gasteiger partial charge in [0.05, 0.1) is 35.1 Å². The number of benzene rings is 4. The first-order valence-corrected chi connectivity index (χ1v) is 13.6. The standard InChI is InChI=1S/C32H23BrN2O4/c1-39-25-13-11-21(17-24(25)33)30(36)29-27-26(28-23-9-5-4-7-19(23)14-15-34(28)29)31(37)35(32(27)38)22-12-10-18-6-2-3-8-20(18)16-22/h2-17,26-29H,1H3/t26-,27-,28+,29-/m0/s1. The van der Waals surface area contributed by atoms with Crippen molar-refractivity contribution in [2.45, 2.75) is 12.1 Å². The topological polar surface area (TPSA) is 66.9 Å². The van der Waals surface area contributed by atoms with Crippen LogP contribution in [0.15, 0.2) is 95.6 Å². The smallest absolute Gasteiger partial charge is 0.240 e. The van der Waals surface area contributed by atoms with Gasteiger partial charge >= 0.3 is 0 Å². The number of amides is 2. The number of ketones is 1. The minimum Gasteiger partial charge on any atom is -0.496 e. The number of rotatable bonds is 4. The largest absolute Gasteiger partial charge is 0.496 e. The average Bonchev–Trinajstić information content (AvgIpc) is 3.44. The van der Waals surface area contributed by atoms with Gasteiger partial charge in [-0.25, -0.2) is 4.90 Å². The molecule has 3 aliphatic heterocycles. The molecule has 2 saturated heterocycles. The summed E-state index contributed by atoms with van der Waals surface area (Å²) < 4.78 is 5.99.